The van der Waals surface area contributed by atoms with Crippen molar-refractivity contribution in [1.82, 2.24) is 5.32 Å². The smallest absolute Gasteiger partial charge is 0.146 e. The summed E-state index contributed by atoms with van der Waals surface area (Å²) in [5, 5.41) is 3.37. The molecule has 0 aromatic heterocycles. The lowest BCUT2D eigenvalue weighted by molar-refractivity contribution is 0.610. The van der Waals surface area contributed by atoms with Crippen LogP contribution in [0.2, 0.25) is 0 Å². The van der Waals surface area contributed by atoms with Gasteiger partial charge in [-0.3, -0.25) is 0 Å². The van der Waals surface area contributed by atoms with Crippen molar-refractivity contribution in [3.05, 3.63) is 65.0 Å². The minimum absolute atomic E-state index is 0.126. The summed E-state index contributed by atoms with van der Waals surface area (Å²) in [4.78, 5) is 2.14. The van der Waals surface area contributed by atoms with Gasteiger partial charge in [-0.1, -0.05) is 43.3 Å². The summed E-state index contributed by atoms with van der Waals surface area (Å²) in [5.74, 6) is -0.126. The first-order valence-corrected chi connectivity index (χ1v) is 7.59. The Labute approximate surface area is 125 Å². The van der Waals surface area contributed by atoms with E-state index < -0.39 is 0 Å². The number of halogens is 1. The molecule has 0 saturated carbocycles. The molecule has 2 nitrogen and oxygen atoms in total. The van der Waals surface area contributed by atoms with E-state index in [0.717, 1.165) is 37.3 Å². The fraction of sp³-hybridized carbons (Fsp3) is 0.333. The summed E-state index contributed by atoms with van der Waals surface area (Å²) >= 11 is 0. The second-order valence-corrected chi connectivity index (χ2v) is 5.55. The minimum Gasteiger partial charge on any atom is -0.360 e. The molecule has 0 spiro atoms. The maximum absolute atomic E-state index is 14.4. The van der Waals surface area contributed by atoms with Crippen LogP contribution in [0.25, 0.3) is 0 Å². The lowest BCUT2D eigenvalue weighted by Crippen LogP contribution is -2.21. The largest absolute Gasteiger partial charge is 0.360 e. The van der Waals surface area contributed by atoms with Gasteiger partial charge in [-0.15, -0.1) is 0 Å². The van der Waals surface area contributed by atoms with Crippen LogP contribution in [0, 0.1) is 5.82 Å². The highest BCUT2D eigenvalue weighted by molar-refractivity contribution is 5.58. The third-order valence-corrected chi connectivity index (χ3v) is 3.97. The Bertz CT molecular complexity index is 599. The molecular formula is C18H21FN2. The van der Waals surface area contributed by atoms with Crippen LogP contribution in [0.3, 0.4) is 0 Å². The van der Waals surface area contributed by atoms with E-state index in [1.807, 2.05) is 18.2 Å². The molecule has 110 valence electrons. The lowest BCUT2D eigenvalue weighted by atomic mass is 10.1. The van der Waals surface area contributed by atoms with Crippen LogP contribution >= 0.6 is 0 Å². The quantitative estimate of drug-likeness (QED) is 0.839. The van der Waals surface area contributed by atoms with Crippen LogP contribution in [-0.2, 0) is 19.6 Å². The highest BCUT2D eigenvalue weighted by atomic mass is 19.1. The van der Waals surface area contributed by atoms with Gasteiger partial charge in [0, 0.05) is 19.6 Å². The first-order chi connectivity index (χ1) is 10.3. The van der Waals surface area contributed by atoms with E-state index in [1.54, 1.807) is 12.1 Å². The highest BCUT2D eigenvalue weighted by Gasteiger charge is 2.23. The zero-order chi connectivity index (χ0) is 14.7. The Hall–Kier alpha value is -1.87. The molecule has 0 saturated heterocycles. The molecular weight excluding hydrogens is 263 g/mol. The number of nitrogens with one attached hydrogen (secondary N) is 1. The number of anilines is 1. The van der Waals surface area contributed by atoms with E-state index in [0.29, 0.717) is 6.54 Å². The molecule has 0 radical (unpaired) electrons. The Balaban J connectivity index is 1.85. The average Bonchev–Trinajstić information content (AvgIpc) is 2.91. The molecule has 2 aromatic carbocycles. The van der Waals surface area contributed by atoms with Crippen LogP contribution in [-0.4, -0.2) is 6.54 Å². The summed E-state index contributed by atoms with van der Waals surface area (Å²) in [6.07, 6.45) is 1.08. The summed E-state index contributed by atoms with van der Waals surface area (Å²) in [7, 11) is 0. The molecule has 3 rings (SSSR count). The first-order valence-electron chi connectivity index (χ1n) is 7.59. The van der Waals surface area contributed by atoms with Crippen molar-refractivity contribution in [3.8, 4) is 0 Å². The fourth-order valence-electron chi connectivity index (χ4n) is 2.95. The van der Waals surface area contributed by atoms with Gasteiger partial charge in [0.05, 0.1) is 5.69 Å². The summed E-state index contributed by atoms with van der Waals surface area (Å²) in [5.41, 5.74) is 4.38. The first kappa shape index (κ1) is 14.1. The van der Waals surface area contributed by atoms with Gasteiger partial charge in [0.1, 0.15) is 5.82 Å². The fourth-order valence-corrected chi connectivity index (χ4v) is 2.95. The number of benzene rings is 2. The van der Waals surface area contributed by atoms with Crippen LogP contribution in [0.1, 0.15) is 30.0 Å². The van der Waals surface area contributed by atoms with Crippen LogP contribution in [0.5, 0.6) is 0 Å². The van der Waals surface area contributed by atoms with Crippen LogP contribution in [0.15, 0.2) is 42.5 Å². The maximum Gasteiger partial charge on any atom is 0.146 e. The average molecular weight is 284 g/mol. The number of hydrogen-bond acceptors (Lipinski definition) is 2. The molecule has 0 amide bonds. The zero-order valence-corrected chi connectivity index (χ0v) is 12.4. The maximum atomic E-state index is 14.4. The molecule has 1 heterocycles. The number of para-hydroxylation sites is 1. The molecule has 0 aliphatic carbocycles. The van der Waals surface area contributed by atoms with Crippen LogP contribution in [0.4, 0.5) is 10.1 Å². The lowest BCUT2D eigenvalue weighted by Gasteiger charge is -2.22. The molecule has 0 bridgehead atoms. The van der Waals surface area contributed by atoms with Crippen molar-refractivity contribution in [3.63, 3.8) is 0 Å². The second-order valence-electron chi connectivity index (χ2n) is 5.55. The standard InChI is InChI=1S/C18H21FN2/c1-2-10-20-11-14-8-5-9-17(19)18(14)21-12-15-6-3-4-7-16(15)13-21/h3-9,20H,2,10-13H2,1H3. The molecule has 1 aliphatic rings. The van der Waals surface area contributed by atoms with E-state index in [4.69, 9.17) is 0 Å². The Kier molecular flexibility index (Phi) is 4.20. The van der Waals surface area contributed by atoms with Gasteiger partial charge in [0.25, 0.3) is 0 Å². The predicted molar refractivity (Wildman–Crippen MR) is 84.7 cm³/mol. The van der Waals surface area contributed by atoms with Gasteiger partial charge in [-0.25, -0.2) is 4.39 Å². The molecule has 3 heteroatoms. The van der Waals surface area contributed by atoms with E-state index in [1.165, 1.54) is 11.1 Å². The van der Waals surface area contributed by atoms with Gasteiger partial charge in [-0.05, 0) is 35.7 Å². The van der Waals surface area contributed by atoms with Crippen molar-refractivity contribution in [1.29, 1.82) is 0 Å². The molecule has 1 N–H and O–H groups in total. The summed E-state index contributed by atoms with van der Waals surface area (Å²) in [6, 6.07) is 13.7. The van der Waals surface area contributed by atoms with Crippen molar-refractivity contribution in [2.45, 2.75) is 33.0 Å². The van der Waals surface area contributed by atoms with E-state index in [9.17, 15) is 4.39 Å². The Morgan fingerprint density at radius 1 is 1.05 bits per heavy atom. The molecule has 0 fully saturated rings. The predicted octanol–water partition coefficient (Wildman–Crippen LogP) is 3.85. The third kappa shape index (κ3) is 2.93. The molecule has 21 heavy (non-hydrogen) atoms. The van der Waals surface area contributed by atoms with E-state index >= 15 is 0 Å². The minimum atomic E-state index is -0.126. The molecule has 0 atom stereocenters. The highest BCUT2D eigenvalue weighted by Crippen LogP contribution is 2.32. The van der Waals surface area contributed by atoms with Crippen molar-refractivity contribution in [2.75, 3.05) is 11.4 Å². The number of rotatable bonds is 5. The topological polar surface area (TPSA) is 15.3 Å². The second kappa shape index (κ2) is 6.27. The van der Waals surface area contributed by atoms with E-state index in [-0.39, 0.29) is 5.82 Å². The van der Waals surface area contributed by atoms with Crippen molar-refractivity contribution >= 4 is 5.69 Å². The van der Waals surface area contributed by atoms with Gasteiger partial charge in [0.15, 0.2) is 0 Å². The van der Waals surface area contributed by atoms with Crippen molar-refractivity contribution in [2.24, 2.45) is 0 Å². The molecule has 1 aliphatic heterocycles. The third-order valence-electron chi connectivity index (χ3n) is 3.97. The van der Waals surface area contributed by atoms with Crippen molar-refractivity contribution < 1.29 is 4.39 Å². The summed E-state index contributed by atoms with van der Waals surface area (Å²) < 4.78 is 14.4. The monoisotopic (exact) mass is 284 g/mol. The van der Waals surface area contributed by atoms with Gasteiger partial charge >= 0.3 is 0 Å². The molecule has 2 aromatic rings. The molecule has 0 unspecified atom stereocenters. The van der Waals surface area contributed by atoms with Crippen LogP contribution < -0.4 is 10.2 Å². The van der Waals surface area contributed by atoms with Gasteiger partial charge in [0.2, 0.25) is 0 Å². The Morgan fingerprint density at radius 2 is 1.76 bits per heavy atom. The number of nitrogens with zero attached hydrogens (tertiary/aromatic N) is 1. The van der Waals surface area contributed by atoms with Gasteiger partial charge < -0.3 is 10.2 Å². The van der Waals surface area contributed by atoms with Gasteiger partial charge in [-0.2, -0.15) is 0 Å². The normalized spacial score (nSPS) is 13.5. The number of fused-ring (bicyclic) bond motifs is 1. The SMILES string of the molecule is CCCNCc1cccc(F)c1N1Cc2ccccc2C1. The number of hydrogen-bond donors (Lipinski definition) is 1. The summed E-state index contributed by atoms with van der Waals surface area (Å²) in [6.45, 7) is 5.39. The zero-order valence-electron chi connectivity index (χ0n) is 12.4. The Morgan fingerprint density at radius 3 is 2.43 bits per heavy atom. The van der Waals surface area contributed by atoms with E-state index in [2.05, 4.69) is 29.3 Å².